The van der Waals surface area contributed by atoms with Crippen molar-refractivity contribution in [3.8, 4) is 0 Å². The summed E-state index contributed by atoms with van der Waals surface area (Å²) >= 11 is 0. The lowest BCUT2D eigenvalue weighted by molar-refractivity contribution is 0.0696. The Bertz CT molecular complexity index is 660. The van der Waals surface area contributed by atoms with Crippen molar-refractivity contribution in [2.45, 2.75) is 39.3 Å². The standard InChI is InChI=1S/C18H22N2O2/c1-18(2,3)16-8-14(11-20-12-16)10-19-9-13-5-4-6-15(7-13)17(21)22/h4-8,11-12,19H,9-10H2,1-3H3,(H,21,22). The Morgan fingerprint density at radius 1 is 1.14 bits per heavy atom. The Labute approximate surface area is 131 Å². The second-order valence-electron chi connectivity index (χ2n) is 6.44. The van der Waals surface area contributed by atoms with Crippen LogP contribution >= 0.6 is 0 Å². The monoisotopic (exact) mass is 298 g/mol. The molecule has 0 atom stereocenters. The minimum Gasteiger partial charge on any atom is -0.478 e. The van der Waals surface area contributed by atoms with E-state index in [1.165, 1.54) is 5.56 Å². The van der Waals surface area contributed by atoms with Crippen molar-refractivity contribution in [3.63, 3.8) is 0 Å². The number of carboxylic acid groups (broad SMARTS) is 1. The molecule has 0 fully saturated rings. The van der Waals surface area contributed by atoms with Gasteiger partial charge in [-0.25, -0.2) is 4.79 Å². The molecule has 0 aliphatic rings. The summed E-state index contributed by atoms with van der Waals surface area (Å²) in [6, 6.07) is 9.14. The van der Waals surface area contributed by atoms with Gasteiger partial charge in [0.1, 0.15) is 0 Å². The summed E-state index contributed by atoms with van der Waals surface area (Å²) in [4.78, 5) is 15.2. The molecule has 2 rings (SSSR count). The van der Waals surface area contributed by atoms with Gasteiger partial charge in [-0.2, -0.15) is 0 Å². The van der Waals surface area contributed by atoms with E-state index >= 15 is 0 Å². The molecule has 0 bridgehead atoms. The molecular formula is C18H22N2O2. The zero-order chi connectivity index (χ0) is 16.2. The van der Waals surface area contributed by atoms with Gasteiger partial charge in [0.2, 0.25) is 0 Å². The molecule has 0 aliphatic carbocycles. The lowest BCUT2D eigenvalue weighted by Crippen LogP contribution is -2.16. The van der Waals surface area contributed by atoms with Crippen molar-refractivity contribution in [2.24, 2.45) is 0 Å². The van der Waals surface area contributed by atoms with E-state index in [2.05, 4.69) is 37.1 Å². The van der Waals surface area contributed by atoms with Crippen molar-refractivity contribution in [3.05, 3.63) is 65.0 Å². The average molecular weight is 298 g/mol. The van der Waals surface area contributed by atoms with E-state index in [1.54, 1.807) is 18.2 Å². The number of hydrogen-bond donors (Lipinski definition) is 2. The molecule has 4 heteroatoms. The van der Waals surface area contributed by atoms with Gasteiger partial charge in [-0.05, 0) is 34.2 Å². The topological polar surface area (TPSA) is 62.2 Å². The van der Waals surface area contributed by atoms with Gasteiger partial charge >= 0.3 is 5.97 Å². The van der Waals surface area contributed by atoms with Gasteiger partial charge in [-0.15, -0.1) is 0 Å². The first-order chi connectivity index (χ1) is 10.4. The molecule has 0 saturated carbocycles. The zero-order valence-electron chi connectivity index (χ0n) is 13.3. The Balaban J connectivity index is 1.97. The molecule has 2 N–H and O–H groups in total. The molecule has 0 radical (unpaired) electrons. The van der Waals surface area contributed by atoms with E-state index in [1.807, 2.05) is 18.5 Å². The number of rotatable bonds is 5. The summed E-state index contributed by atoms with van der Waals surface area (Å²) in [6.07, 6.45) is 3.76. The van der Waals surface area contributed by atoms with Crippen LogP contribution in [-0.2, 0) is 18.5 Å². The number of carboxylic acids is 1. The molecule has 22 heavy (non-hydrogen) atoms. The lowest BCUT2D eigenvalue weighted by atomic mass is 9.88. The summed E-state index contributed by atoms with van der Waals surface area (Å²) in [6.45, 7) is 7.82. The first-order valence-electron chi connectivity index (χ1n) is 7.33. The van der Waals surface area contributed by atoms with E-state index in [4.69, 9.17) is 5.11 Å². The molecule has 116 valence electrons. The van der Waals surface area contributed by atoms with Gasteiger partial charge in [-0.3, -0.25) is 4.98 Å². The van der Waals surface area contributed by atoms with E-state index in [0.717, 1.165) is 11.1 Å². The molecule has 2 aromatic rings. The van der Waals surface area contributed by atoms with E-state index in [9.17, 15) is 4.79 Å². The van der Waals surface area contributed by atoms with Crippen LogP contribution in [0, 0.1) is 0 Å². The first-order valence-corrected chi connectivity index (χ1v) is 7.33. The smallest absolute Gasteiger partial charge is 0.335 e. The van der Waals surface area contributed by atoms with Gasteiger partial charge in [-0.1, -0.05) is 39.0 Å². The number of carbonyl (C=O) groups is 1. The highest BCUT2D eigenvalue weighted by Crippen LogP contribution is 2.21. The van der Waals surface area contributed by atoms with Crippen molar-refractivity contribution in [1.29, 1.82) is 0 Å². The molecular weight excluding hydrogens is 276 g/mol. The molecule has 4 nitrogen and oxygen atoms in total. The number of aromatic carboxylic acids is 1. The first kappa shape index (κ1) is 16.2. The number of aromatic nitrogens is 1. The van der Waals surface area contributed by atoms with Crippen LogP contribution in [-0.4, -0.2) is 16.1 Å². The van der Waals surface area contributed by atoms with Gasteiger partial charge in [0.05, 0.1) is 5.56 Å². The number of hydrogen-bond acceptors (Lipinski definition) is 3. The predicted octanol–water partition coefficient (Wildman–Crippen LogP) is 3.37. The van der Waals surface area contributed by atoms with E-state index in [-0.39, 0.29) is 5.41 Å². The Hall–Kier alpha value is -2.20. The maximum absolute atomic E-state index is 11.0. The fourth-order valence-electron chi connectivity index (χ4n) is 2.16. The zero-order valence-corrected chi connectivity index (χ0v) is 13.3. The van der Waals surface area contributed by atoms with Crippen LogP contribution in [0.15, 0.2) is 42.7 Å². The van der Waals surface area contributed by atoms with Gasteiger partial charge in [0.15, 0.2) is 0 Å². The van der Waals surface area contributed by atoms with Gasteiger partial charge in [0, 0.05) is 25.5 Å². The molecule has 1 aromatic carbocycles. The predicted molar refractivity (Wildman–Crippen MR) is 86.9 cm³/mol. The third-order valence-corrected chi connectivity index (χ3v) is 3.49. The summed E-state index contributed by atoms with van der Waals surface area (Å²) in [5, 5.41) is 12.3. The molecule has 1 aromatic heterocycles. The fourth-order valence-corrected chi connectivity index (χ4v) is 2.16. The largest absolute Gasteiger partial charge is 0.478 e. The van der Waals surface area contributed by atoms with Crippen molar-refractivity contribution >= 4 is 5.97 Å². The number of nitrogens with zero attached hydrogens (tertiary/aromatic N) is 1. The second kappa shape index (κ2) is 6.71. The molecule has 0 unspecified atom stereocenters. The quantitative estimate of drug-likeness (QED) is 0.888. The van der Waals surface area contributed by atoms with Crippen molar-refractivity contribution < 1.29 is 9.90 Å². The molecule has 0 saturated heterocycles. The summed E-state index contributed by atoms with van der Waals surface area (Å²) < 4.78 is 0. The van der Waals surface area contributed by atoms with Crippen LogP contribution in [0.25, 0.3) is 0 Å². The summed E-state index contributed by atoms with van der Waals surface area (Å²) in [5.41, 5.74) is 3.69. The van der Waals surface area contributed by atoms with Crippen molar-refractivity contribution in [1.82, 2.24) is 10.3 Å². The second-order valence-corrected chi connectivity index (χ2v) is 6.44. The van der Waals surface area contributed by atoms with Crippen LogP contribution in [0.5, 0.6) is 0 Å². The highest BCUT2D eigenvalue weighted by molar-refractivity contribution is 5.87. The van der Waals surface area contributed by atoms with Crippen LogP contribution in [0.3, 0.4) is 0 Å². The highest BCUT2D eigenvalue weighted by atomic mass is 16.4. The lowest BCUT2D eigenvalue weighted by Gasteiger charge is -2.19. The summed E-state index contributed by atoms with van der Waals surface area (Å²) in [7, 11) is 0. The Morgan fingerprint density at radius 2 is 1.86 bits per heavy atom. The van der Waals surface area contributed by atoms with E-state index < -0.39 is 5.97 Å². The maximum atomic E-state index is 11.0. The minimum absolute atomic E-state index is 0.0822. The van der Waals surface area contributed by atoms with Crippen LogP contribution < -0.4 is 5.32 Å². The van der Waals surface area contributed by atoms with Crippen LogP contribution in [0.4, 0.5) is 0 Å². The highest BCUT2D eigenvalue weighted by Gasteiger charge is 2.14. The fraction of sp³-hybridized carbons (Fsp3) is 0.333. The SMILES string of the molecule is CC(C)(C)c1cncc(CNCc2cccc(C(=O)O)c2)c1. The third-order valence-electron chi connectivity index (χ3n) is 3.49. The third kappa shape index (κ3) is 4.40. The van der Waals surface area contributed by atoms with Crippen LogP contribution in [0.1, 0.15) is 47.8 Å². The number of pyridine rings is 1. The molecule has 0 amide bonds. The Morgan fingerprint density at radius 3 is 2.55 bits per heavy atom. The molecule has 0 spiro atoms. The molecule has 1 heterocycles. The van der Waals surface area contributed by atoms with Gasteiger partial charge in [0.25, 0.3) is 0 Å². The average Bonchev–Trinajstić information content (AvgIpc) is 2.47. The van der Waals surface area contributed by atoms with E-state index in [0.29, 0.717) is 18.7 Å². The summed E-state index contributed by atoms with van der Waals surface area (Å²) in [5.74, 6) is -0.899. The van der Waals surface area contributed by atoms with Crippen LogP contribution in [0.2, 0.25) is 0 Å². The molecule has 0 aliphatic heterocycles. The number of benzene rings is 1. The van der Waals surface area contributed by atoms with Crippen molar-refractivity contribution in [2.75, 3.05) is 0 Å². The van der Waals surface area contributed by atoms with Gasteiger partial charge < -0.3 is 10.4 Å². The number of nitrogens with one attached hydrogen (secondary N) is 1. The minimum atomic E-state index is -0.899. The Kier molecular flexibility index (Phi) is 4.93. The maximum Gasteiger partial charge on any atom is 0.335 e. The normalized spacial score (nSPS) is 11.4.